The molecular weight excluding hydrogens is 296 g/mol. The second kappa shape index (κ2) is 6.11. The van der Waals surface area contributed by atoms with Crippen LogP contribution in [-0.4, -0.2) is 27.4 Å². The minimum absolute atomic E-state index is 0.0394. The Hall–Kier alpha value is -2.47. The van der Waals surface area contributed by atoms with E-state index in [0.717, 1.165) is 23.4 Å². The van der Waals surface area contributed by atoms with Crippen molar-refractivity contribution in [2.45, 2.75) is 13.0 Å². The smallest absolute Gasteiger partial charge is 0.254 e. The van der Waals surface area contributed by atoms with Crippen molar-refractivity contribution >= 4 is 28.9 Å². The Morgan fingerprint density at radius 2 is 2.18 bits per heavy atom. The average molecular weight is 312 g/mol. The summed E-state index contributed by atoms with van der Waals surface area (Å²) in [7, 11) is 0. The standard InChI is InChI=1S/C16H16N4OS/c17-16(22)19-14-6-3-5-12-13(14)10-20(15(12)21)9-7-11-4-1-2-8-18-11/h1-6,8H,7,9-10H2,(H3,17,19,22). The molecule has 0 unspecified atom stereocenters. The number of carbonyl (C=O) groups excluding carboxylic acids is 1. The molecule has 0 fully saturated rings. The van der Waals surface area contributed by atoms with E-state index in [2.05, 4.69) is 10.3 Å². The fraction of sp³-hybridized carbons (Fsp3) is 0.188. The number of fused-ring (bicyclic) bond motifs is 1. The molecule has 0 saturated heterocycles. The Labute approximate surface area is 134 Å². The topological polar surface area (TPSA) is 71.2 Å². The van der Waals surface area contributed by atoms with E-state index in [9.17, 15) is 4.79 Å². The molecule has 1 aromatic carbocycles. The van der Waals surface area contributed by atoms with Crippen molar-refractivity contribution < 1.29 is 4.79 Å². The first kappa shape index (κ1) is 14.5. The maximum Gasteiger partial charge on any atom is 0.254 e. The van der Waals surface area contributed by atoms with Crippen LogP contribution in [0.4, 0.5) is 5.69 Å². The average Bonchev–Trinajstić information content (AvgIpc) is 2.84. The zero-order valence-electron chi connectivity index (χ0n) is 12.0. The van der Waals surface area contributed by atoms with Crippen LogP contribution in [0, 0.1) is 0 Å². The van der Waals surface area contributed by atoms with Crippen LogP contribution in [-0.2, 0) is 13.0 Å². The lowest BCUT2D eigenvalue weighted by atomic mass is 10.1. The van der Waals surface area contributed by atoms with E-state index in [1.807, 2.05) is 41.3 Å². The van der Waals surface area contributed by atoms with E-state index in [0.29, 0.717) is 18.7 Å². The van der Waals surface area contributed by atoms with Gasteiger partial charge >= 0.3 is 0 Å². The summed E-state index contributed by atoms with van der Waals surface area (Å²) < 4.78 is 0. The first-order valence-corrected chi connectivity index (χ1v) is 7.43. The SMILES string of the molecule is NC(=S)Nc1cccc2c1CN(CCc1ccccn1)C2=O. The van der Waals surface area contributed by atoms with Crippen molar-refractivity contribution in [1.29, 1.82) is 0 Å². The quantitative estimate of drug-likeness (QED) is 0.844. The normalized spacial score (nSPS) is 13.1. The minimum Gasteiger partial charge on any atom is -0.376 e. The molecule has 0 radical (unpaired) electrons. The summed E-state index contributed by atoms with van der Waals surface area (Å²) in [6, 6.07) is 11.4. The molecule has 22 heavy (non-hydrogen) atoms. The molecule has 2 heterocycles. The fourth-order valence-corrected chi connectivity index (χ4v) is 2.73. The molecular formula is C16H16N4OS. The van der Waals surface area contributed by atoms with Crippen molar-refractivity contribution in [3.05, 3.63) is 59.4 Å². The molecule has 1 amide bonds. The van der Waals surface area contributed by atoms with E-state index in [1.54, 1.807) is 6.20 Å². The van der Waals surface area contributed by atoms with Crippen LogP contribution in [0.2, 0.25) is 0 Å². The molecule has 0 atom stereocenters. The number of hydrogen-bond acceptors (Lipinski definition) is 3. The molecule has 0 bridgehead atoms. The molecule has 0 spiro atoms. The second-order valence-corrected chi connectivity index (χ2v) is 5.56. The highest BCUT2D eigenvalue weighted by atomic mass is 32.1. The second-order valence-electron chi connectivity index (χ2n) is 5.12. The van der Waals surface area contributed by atoms with Gasteiger partial charge in [0, 0.05) is 48.2 Å². The number of nitrogens with one attached hydrogen (secondary N) is 1. The van der Waals surface area contributed by atoms with Crippen LogP contribution in [0.1, 0.15) is 21.6 Å². The van der Waals surface area contributed by atoms with Gasteiger partial charge in [-0.1, -0.05) is 12.1 Å². The number of nitrogens with two attached hydrogens (primary N) is 1. The van der Waals surface area contributed by atoms with Crippen LogP contribution in [0.25, 0.3) is 0 Å². The zero-order valence-corrected chi connectivity index (χ0v) is 12.8. The number of rotatable bonds is 4. The molecule has 1 aliphatic rings. The number of aromatic nitrogens is 1. The Balaban J connectivity index is 1.75. The predicted octanol–water partition coefficient (Wildman–Crippen LogP) is 1.94. The van der Waals surface area contributed by atoms with E-state index >= 15 is 0 Å². The van der Waals surface area contributed by atoms with E-state index < -0.39 is 0 Å². The Kier molecular flexibility index (Phi) is 4.02. The highest BCUT2D eigenvalue weighted by Crippen LogP contribution is 2.29. The van der Waals surface area contributed by atoms with Gasteiger partial charge < -0.3 is 16.0 Å². The van der Waals surface area contributed by atoms with Gasteiger partial charge in [0.15, 0.2) is 5.11 Å². The van der Waals surface area contributed by atoms with Crippen molar-refractivity contribution in [2.75, 3.05) is 11.9 Å². The largest absolute Gasteiger partial charge is 0.376 e. The number of thiocarbonyl (C=S) groups is 1. The molecule has 1 aliphatic heterocycles. The van der Waals surface area contributed by atoms with E-state index in [4.69, 9.17) is 18.0 Å². The van der Waals surface area contributed by atoms with E-state index in [1.165, 1.54) is 0 Å². The van der Waals surface area contributed by atoms with Gasteiger partial charge in [-0.3, -0.25) is 9.78 Å². The van der Waals surface area contributed by atoms with Crippen LogP contribution >= 0.6 is 12.2 Å². The number of nitrogens with zero attached hydrogens (tertiary/aromatic N) is 2. The predicted molar refractivity (Wildman–Crippen MR) is 89.5 cm³/mol. The Morgan fingerprint density at radius 3 is 2.91 bits per heavy atom. The Morgan fingerprint density at radius 1 is 1.32 bits per heavy atom. The number of hydrogen-bond donors (Lipinski definition) is 2. The van der Waals surface area contributed by atoms with Crippen LogP contribution < -0.4 is 11.1 Å². The maximum absolute atomic E-state index is 12.5. The molecule has 0 aliphatic carbocycles. The van der Waals surface area contributed by atoms with Gasteiger partial charge in [-0.05, 0) is 36.5 Å². The number of pyridine rings is 1. The number of amides is 1. The van der Waals surface area contributed by atoms with Gasteiger partial charge in [-0.2, -0.15) is 0 Å². The third-order valence-electron chi connectivity index (χ3n) is 3.66. The molecule has 3 rings (SSSR count). The first-order valence-electron chi connectivity index (χ1n) is 7.02. The van der Waals surface area contributed by atoms with Crippen LogP contribution in [0.15, 0.2) is 42.6 Å². The van der Waals surface area contributed by atoms with Gasteiger partial charge in [0.1, 0.15) is 0 Å². The first-order chi connectivity index (χ1) is 10.6. The summed E-state index contributed by atoms with van der Waals surface area (Å²) in [5, 5.41) is 3.14. The lowest BCUT2D eigenvalue weighted by molar-refractivity contribution is 0.0780. The third-order valence-corrected chi connectivity index (χ3v) is 3.77. The number of benzene rings is 1. The van der Waals surface area contributed by atoms with Crippen molar-refractivity contribution in [3.63, 3.8) is 0 Å². The molecule has 2 aromatic rings. The zero-order chi connectivity index (χ0) is 15.5. The Bertz CT molecular complexity index is 717. The summed E-state index contributed by atoms with van der Waals surface area (Å²) in [5.41, 5.74) is 8.98. The third kappa shape index (κ3) is 2.92. The van der Waals surface area contributed by atoms with Gasteiger partial charge in [0.05, 0.1) is 0 Å². The van der Waals surface area contributed by atoms with Crippen LogP contribution in [0.5, 0.6) is 0 Å². The maximum atomic E-state index is 12.5. The van der Waals surface area contributed by atoms with Crippen molar-refractivity contribution in [3.8, 4) is 0 Å². The molecule has 3 N–H and O–H groups in total. The summed E-state index contributed by atoms with van der Waals surface area (Å²) in [4.78, 5) is 18.6. The van der Waals surface area contributed by atoms with Gasteiger partial charge in [0.2, 0.25) is 0 Å². The highest BCUT2D eigenvalue weighted by Gasteiger charge is 2.29. The minimum atomic E-state index is 0.0394. The lowest BCUT2D eigenvalue weighted by Gasteiger charge is -2.15. The fourth-order valence-electron chi connectivity index (χ4n) is 2.62. The summed E-state index contributed by atoms with van der Waals surface area (Å²) in [6.07, 6.45) is 2.50. The highest BCUT2D eigenvalue weighted by molar-refractivity contribution is 7.80. The monoisotopic (exact) mass is 312 g/mol. The number of anilines is 1. The molecule has 5 nitrogen and oxygen atoms in total. The van der Waals surface area contributed by atoms with Crippen LogP contribution in [0.3, 0.4) is 0 Å². The lowest BCUT2D eigenvalue weighted by Crippen LogP contribution is -2.26. The van der Waals surface area contributed by atoms with Gasteiger partial charge in [0.25, 0.3) is 5.91 Å². The van der Waals surface area contributed by atoms with Crippen molar-refractivity contribution in [1.82, 2.24) is 9.88 Å². The molecule has 112 valence electrons. The summed E-state index contributed by atoms with van der Waals surface area (Å²) in [6.45, 7) is 1.20. The van der Waals surface area contributed by atoms with E-state index in [-0.39, 0.29) is 11.0 Å². The van der Waals surface area contributed by atoms with Crippen molar-refractivity contribution in [2.24, 2.45) is 5.73 Å². The van der Waals surface area contributed by atoms with Gasteiger partial charge in [-0.15, -0.1) is 0 Å². The summed E-state index contributed by atoms with van der Waals surface area (Å²) in [5.74, 6) is 0.0394. The molecule has 6 heteroatoms. The number of carbonyl (C=O) groups is 1. The summed E-state index contributed by atoms with van der Waals surface area (Å²) >= 11 is 4.88. The molecule has 0 saturated carbocycles. The van der Waals surface area contributed by atoms with Gasteiger partial charge in [-0.25, -0.2) is 0 Å². The molecule has 1 aromatic heterocycles.